The summed E-state index contributed by atoms with van der Waals surface area (Å²) in [6.07, 6.45) is 4.59. The molecule has 1 heterocycles. The highest BCUT2D eigenvalue weighted by Gasteiger charge is 2.26. The van der Waals surface area contributed by atoms with Crippen LogP contribution in [0.25, 0.3) is 0 Å². The molecule has 42 heavy (non-hydrogen) atoms. The van der Waals surface area contributed by atoms with Gasteiger partial charge in [0.05, 0.1) is 11.4 Å². The second-order valence-electron chi connectivity index (χ2n) is 11.6. The first-order valence-electron chi connectivity index (χ1n) is 14.8. The van der Waals surface area contributed by atoms with Crippen LogP contribution in [-0.2, 0) is 6.54 Å². The first kappa shape index (κ1) is 29.6. The van der Waals surface area contributed by atoms with Crippen molar-refractivity contribution in [3.8, 4) is 0 Å². The Kier molecular flexibility index (Phi) is 9.41. The molecule has 0 bridgehead atoms. The Labute approximate surface area is 248 Å². The van der Waals surface area contributed by atoms with Gasteiger partial charge in [-0.1, -0.05) is 55.1 Å². The summed E-state index contributed by atoms with van der Waals surface area (Å²) in [6.45, 7) is 11.3. The first-order valence-corrected chi connectivity index (χ1v) is 14.8. The van der Waals surface area contributed by atoms with Crippen molar-refractivity contribution in [2.75, 3.05) is 13.1 Å². The SMILES string of the molecule is C=C(CCC1=C=CC(F)C1)C(=Nc1ccccc1C)C1CCN(Cc2ccc(C(=N)c3ccccc3F)c(C)c2)CC1. The quantitative estimate of drug-likeness (QED) is 0.194. The van der Waals surface area contributed by atoms with Gasteiger partial charge in [-0.25, -0.2) is 8.78 Å². The number of aryl methyl sites for hydroxylation is 2. The van der Waals surface area contributed by atoms with Crippen molar-refractivity contribution in [1.82, 2.24) is 4.90 Å². The van der Waals surface area contributed by atoms with Crippen LogP contribution in [0.3, 0.4) is 0 Å². The van der Waals surface area contributed by atoms with Gasteiger partial charge in [-0.05, 0) is 105 Å². The predicted molar refractivity (Wildman–Crippen MR) is 169 cm³/mol. The highest BCUT2D eigenvalue weighted by Crippen LogP contribution is 2.30. The molecular formula is C37H39F2N3. The van der Waals surface area contributed by atoms with Gasteiger partial charge in [0.1, 0.15) is 12.0 Å². The van der Waals surface area contributed by atoms with E-state index in [1.165, 1.54) is 17.7 Å². The van der Waals surface area contributed by atoms with E-state index < -0.39 is 6.17 Å². The van der Waals surface area contributed by atoms with Crippen LogP contribution in [-0.4, -0.2) is 35.6 Å². The number of allylic oxidation sites excluding steroid dienone is 2. The maximum atomic E-state index is 14.3. The Morgan fingerprint density at radius 3 is 2.43 bits per heavy atom. The predicted octanol–water partition coefficient (Wildman–Crippen LogP) is 9.00. The molecule has 3 aromatic rings. The molecule has 1 unspecified atom stereocenters. The topological polar surface area (TPSA) is 39.5 Å². The van der Waals surface area contributed by atoms with Gasteiger partial charge in [-0.2, -0.15) is 0 Å². The minimum absolute atomic E-state index is 0.211. The van der Waals surface area contributed by atoms with Crippen molar-refractivity contribution >= 4 is 17.1 Å². The number of piperidine rings is 1. The van der Waals surface area contributed by atoms with Gasteiger partial charge in [0.15, 0.2) is 0 Å². The molecule has 0 aromatic heterocycles. The summed E-state index contributed by atoms with van der Waals surface area (Å²) >= 11 is 0. The van der Waals surface area contributed by atoms with E-state index >= 15 is 0 Å². The number of nitrogens with zero attached hydrogens (tertiary/aromatic N) is 2. The minimum atomic E-state index is -0.906. The minimum Gasteiger partial charge on any atom is -0.300 e. The Balaban J connectivity index is 1.24. The molecule has 1 N–H and O–H groups in total. The number of likely N-dealkylation sites (tertiary alicyclic amines) is 1. The van der Waals surface area contributed by atoms with E-state index in [0.29, 0.717) is 17.9 Å². The molecule has 1 saturated heterocycles. The fourth-order valence-electron chi connectivity index (χ4n) is 5.98. The lowest BCUT2D eigenvalue weighted by molar-refractivity contribution is 0.202. The molecule has 1 aliphatic heterocycles. The second kappa shape index (κ2) is 13.4. The molecule has 0 amide bonds. The molecule has 1 aliphatic carbocycles. The molecule has 1 fully saturated rings. The van der Waals surface area contributed by atoms with Gasteiger partial charge in [0, 0.05) is 35.7 Å². The van der Waals surface area contributed by atoms with Crippen LogP contribution >= 0.6 is 0 Å². The Morgan fingerprint density at radius 2 is 1.74 bits per heavy atom. The summed E-state index contributed by atoms with van der Waals surface area (Å²) in [5, 5.41) is 8.56. The van der Waals surface area contributed by atoms with Crippen LogP contribution in [0.1, 0.15) is 59.9 Å². The van der Waals surface area contributed by atoms with Gasteiger partial charge in [0.25, 0.3) is 0 Å². The number of rotatable bonds is 10. The van der Waals surface area contributed by atoms with Gasteiger partial charge in [0.2, 0.25) is 0 Å². The molecule has 3 nitrogen and oxygen atoms in total. The monoisotopic (exact) mass is 563 g/mol. The lowest BCUT2D eigenvalue weighted by Gasteiger charge is -2.33. The van der Waals surface area contributed by atoms with Crippen LogP contribution in [0.15, 0.2) is 101 Å². The molecule has 0 radical (unpaired) electrons. The Bertz CT molecular complexity index is 1570. The molecule has 216 valence electrons. The highest BCUT2D eigenvalue weighted by molar-refractivity contribution is 6.11. The van der Waals surface area contributed by atoms with E-state index in [-0.39, 0.29) is 11.5 Å². The zero-order valence-corrected chi connectivity index (χ0v) is 24.6. The number of benzene rings is 3. The van der Waals surface area contributed by atoms with Crippen LogP contribution in [0.4, 0.5) is 14.5 Å². The average molecular weight is 564 g/mol. The Morgan fingerprint density at radius 1 is 1.00 bits per heavy atom. The average Bonchev–Trinajstić information content (AvgIpc) is 3.41. The largest absolute Gasteiger partial charge is 0.300 e. The third-order valence-electron chi connectivity index (χ3n) is 8.44. The van der Waals surface area contributed by atoms with Crippen molar-refractivity contribution in [3.05, 3.63) is 130 Å². The smallest absolute Gasteiger partial charge is 0.132 e. The van der Waals surface area contributed by atoms with Gasteiger partial charge in [-0.3, -0.25) is 15.3 Å². The van der Waals surface area contributed by atoms with E-state index in [9.17, 15) is 8.78 Å². The molecule has 5 rings (SSSR count). The number of halogens is 2. The van der Waals surface area contributed by atoms with Gasteiger partial charge >= 0.3 is 0 Å². The maximum Gasteiger partial charge on any atom is 0.132 e. The highest BCUT2D eigenvalue weighted by atomic mass is 19.1. The summed E-state index contributed by atoms with van der Waals surface area (Å²) in [7, 11) is 0. The molecule has 2 aliphatic rings. The van der Waals surface area contributed by atoms with Crippen molar-refractivity contribution in [2.45, 2.75) is 58.7 Å². The number of hydrogen-bond donors (Lipinski definition) is 1. The summed E-state index contributed by atoms with van der Waals surface area (Å²) in [5.74, 6) is -0.0524. The van der Waals surface area contributed by atoms with E-state index in [2.05, 4.69) is 48.4 Å². The zero-order valence-electron chi connectivity index (χ0n) is 24.6. The molecule has 0 spiro atoms. The normalized spacial score (nSPS) is 17.9. The van der Waals surface area contributed by atoms with E-state index in [1.807, 2.05) is 25.1 Å². The fourth-order valence-corrected chi connectivity index (χ4v) is 5.98. The van der Waals surface area contributed by atoms with E-state index in [1.54, 1.807) is 18.2 Å². The van der Waals surface area contributed by atoms with Crippen molar-refractivity contribution in [2.24, 2.45) is 10.9 Å². The van der Waals surface area contributed by atoms with Crippen molar-refractivity contribution in [3.63, 3.8) is 0 Å². The first-order chi connectivity index (χ1) is 20.3. The second-order valence-corrected chi connectivity index (χ2v) is 11.6. The lowest BCUT2D eigenvalue weighted by Crippen LogP contribution is -2.36. The van der Waals surface area contributed by atoms with Crippen LogP contribution in [0, 0.1) is 31.0 Å². The molecule has 1 atom stereocenters. The summed E-state index contributed by atoms with van der Waals surface area (Å²) in [6, 6.07) is 20.8. The van der Waals surface area contributed by atoms with Gasteiger partial charge < -0.3 is 0 Å². The Hall–Kier alpha value is -3.92. The van der Waals surface area contributed by atoms with Crippen LogP contribution < -0.4 is 0 Å². The summed E-state index contributed by atoms with van der Waals surface area (Å²) < 4.78 is 27.9. The number of alkyl halides is 1. The number of nitrogens with one attached hydrogen (secondary N) is 1. The molecule has 5 heteroatoms. The van der Waals surface area contributed by atoms with Crippen molar-refractivity contribution in [1.29, 1.82) is 5.41 Å². The third kappa shape index (κ3) is 7.10. The molecule has 0 saturated carbocycles. The lowest BCUT2D eigenvalue weighted by atomic mass is 9.86. The molecular weight excluding hydrogens is 524 g/mol. The summed E-state index contributed by atoms with van der Waals surface area (Å²) in [4.78, 5) is 7.63. The third-order valence-corrected chi connectivity index (χ3v) is 8.44. The van der Waals surface area contributed by atoms with Crippen LogP contribution in [0.5, 0.6) is 0 Å². The standard InChI is InChI=1S/C37H39F2N3/c1-25-8-4-7-11-35(25)41-37(26(2)12-13-28-14-16-31(38)23-28)30-18-20-42(21-19-30)24-29-15-17-32(27(3)22-29)36(40)33-9-5-6-10-34(33)39/h4-11,15-17,22,30-31,40H,2,12-13,18-21,23-24H2,1,3H3. The fraction of sp³-hybridized carbons (Fsp3) is 0.324. The van der Waals surface area contributed by atoms with Gasteiger partial charge in [-0.15, -0.1) is 5.73 Å². The summed E-state index contributed by atoms with van der Waals surface area (Å²) in [5.41, 5.74) is 11.8. The maximum absolute atomic E-state index is 14.3. The van der Waals surface area contributed by atoms with Crippen molar-refractivity contribution < 1.29 is 8.78 Å². The van der Waals surface area contributed by atoms with E-state index in [4.69, 9.17) is 10.4 Å². The number of hydrogen-bond acceptors (Lipinski definition) is 3. The number of aliphatic imine (C=N–C) groups is 1. The zero-order chi connectivity index (χ0) is 29.6. The van der Waals surface area contributed by atoms with E-state index in [0.717, 1.165) is 84.6 Å². The van der Waals surface area contributed by atoms with Crippen LogP contribution in [0.2, 0.25) is 0 Å². The molecule has 3 aromatic carbocycles. The number of para-hydroxylation sites is 1.